The van der Waals surface area contributed by atoms with Crippen LogP contribution in [-0.2, 0) is 10.2 Å². The topological polar surface area (TPSA) is 108 Å². The van der Waals surface area contributed by atoms with E-state index < -0.39 is 11.5 Å². The van der Waals surface area contributed by atoms with Gasteiger partial charge >= 0.3 is 0 Å². The van der Waals surface area contributed by atoms with Crippen molar-refractivity contribution in [2.75, 3.05) is 22.1 Å². The molecule has 4 heterocycles. The lowest BCUT2D eigenvalue weighted by atomic mass is 9.86. The number of amides is 1. The lowest BCUT2D eigenvalue weighted by molar-refractivity contribution is -0.119. The van der Waals surface area contributed by atoms with Crippen molar-refractivity contribution in [3.8, 4) is 0 Å². The molecule has 6 rings (SSSR count). The number of benzene rings is 2. The van der Waals surface area contributed by atoms with Crippen LogP contribution >= 0.6 is 0 Å². The average molecular weight is 456 g/mol. The Bertz CT molecular complexity index is 1400. The molecule has 1 saturated heterocycles. The van der Waals surface area contributed by atoms with Crippen LogP contribution in [0.25, 0.3) is 5.65 Å². The quantitative estimate of drug-likeness (QED) is 0.433. The van der Waals surface area contributed by atoms with E-state index in [1.807, 2.05) is 50.2 Å². The number of carbonyl (C=O) groups excluding carboxylic acids is 1. The number of hydrogen-bond donors (Lipinski definition) is 3. The van der Waals surface area contributed by atoms with Gasteiger partial charge in [-0.2, -0.15) is 4.98 Å². The second kappa shape index (κ2) is 7.53. The summed E-state index contributed by atoms with van der Waals surface area (Å²) in [5.74, 6) is 1.09. The Labute approximate surface area is 196 Å². The first-order valence-electron chi connectivity index (χ1n) is 11.3. The summed E-state index contributed by atoms with van der Waals surface area (Å²) in [6.45, 7) is 4.30. The summed E-state index contributed by atoms with van der Waals surface area (Å²) in [6.07, 6.45) is 3.63. The maximum absolute atomic E-state index is 12.3. The van der Waals surface area contributed by atoms with Gasteiger partial charge in [0.05, 0.1) is 17.6 Å². The van der Waals surface area contributed by atoms with E-state index in [1.165, 1.54) is 0 Å². The summed E-state index contributed by atoms with van der Waals surface area (Å²) in [4.78, 5) is 23.7. The zero-order valence-corrected chi connectivity index (χ0v) is 18.9. The van der Waals surface area contributed by atoms with Crippen LogP contribution in [-0.4, -0.2) is 43.2 Å². The fourth-order valence-electron chi connectivity index (χ4n) is 4.90. The van der Waals surface area contributed by atoms with Gasteiger partial charge < -0.3 is 20.6 Å². The van der Waals surface area contributed by atoms with E-state index in [2.05, 4.69) is 37.7 Å². The number of fused-ring (bicyclic) bond motifs is 2. The SMILES string of the molecule is CC1(C)C(=O)Nc2cc(Nc3nc4c(N5CC(O)CC5c5ccccc5)nccn4n3)ccc21. The Balaban J connectivity index is 1.33. The van der Waals surface area contributed by atoms with Crippen LogP contribution in [0.1, 0.15) is 37.4 Å². The average Bonchev–Trinajstić information content (AvgIpc) is 3.47. The third kappa shape index (κ3) is 3.28. The van der Waals surface area contributed by atoms with Gasteiger partial charge in [-0.3, -0.25) is 4.79 Å². The molecule has 0 saturated carbocycles. The monoisotopic (exact) mass is 455 g/mol. The molecule has 172 valence electrons. The van der Waals surface area contributed by atoms with Gasteiger partial charge in [0, 0.05) is 30.3 Å². The Kier molecular flexibility index (Phi) is 4.56. The number of nitrogens with one attached hydrogen (secondary N) is 2. The van der Waals surface area contributed by atoms with Crippen molar-refractivity contribution in [1.82, 2.24) is 19.6 Å². The largest absolute Gasteiger partial charge is 0.391 e. The maximum atomic E-state index is 12.3. The van der Waals surface area contributed by atoms with Crippen molar-refractivity contribution in [3.63, 3.8) is 0 Å². The van der Waals surface area contributed by atoms with Crippen molar-refractivity contribution in [3.05, 3.63) is 72.1 Å². The van der Waals surface area contributed by atoms with Gasteiger partial charge in [0.1, 0.15) is 0 Å². The van der Waals surface area contributed by atoms with E-state index in [0.717, 1.165) is 22.5 Å². The molecule has 1 amide bonds. The first-order chi connectivity index (χ1) is 16.4. The molecule has 2 aliphatic rings. The normalized spacial score (nSPS) is 21.0. The number of aliphatic hydroxyl groups excluding tert-OH is 1. The maximum Gasteiger partial charge on any atom is 0.247 e. The summed E-state index contributed by atoms with van der Waals surface area (Å²) in [5, 5.41) is 21.2. The van der Waals surface area contributed by atoms with Gasteiger partial charge in [0.25, 0.3) is 0 Å². The van der Waals surface area contributed by atoms with Crippen LogP contribution in [0.15, 0.2) is 60.9 Å². The third-order valence-corrected chi connectivity index (χ3v) is 6.74. The summed E-state index contributed by atoms with van der Waals surface area (Å²) in [7, 11) is 0. The van der Waals surface area contributed by atoms with Crippen molar-refractivity contribution in [1.29, 1.82) is 0 Å². The molecule has 9 nitrogen and oxygen atoms in total. The number of aliphatic hydroxyl groups is 1. The summed E-state index contributed by atoms with van der Waals surface area (Å²) < 4.78 is 1.69. The van der Waals surface area contributed by atoms with Crippen molar-refractivity contribution < 1.29 is 9.90 Å². The van der Waals surface area contributed by atoms with Crippen LogP contribution in [0, 0.1) is 0 Å². The number of aromatic nitrogens is 4. The first-order valence-corrected chi connectivity index (χ1v) is 11.3. The van der Waals surface area contributed by atoms with Gasteiger partial charge in [0.2, 0.25) is 11.9 Å². The second-order valence-electron chi connectivity index (χ2n) is 9.39. The highest BCUT2D eigenvalue weighted by atomic mass is 16.3. The molecule has 2 aromatic heterocycles. The molecule has 9 heteroatoms. The lowest BCUT2D eigenvalue weighted by Crippen LogP contribution is -2.26. The fraction of sp³-hybridized carbons (Fsp3) is 0.280. The highest BCUT2D eigenvalue weighted by Crippen LogP contribution is 2.39. The zero-order chi connectivity index (χ0) is 23.4. The lowest BCUT2D eigenvalue weighted by Gasteiger charge is -2.25. The molecule has 2 unspecified atom stereocenters. The zero-order valence-electron chi connectivity index (χ0n) is 18.9. The van der Waals surface area contributed by atoms with Crippen molar-refractivity contribution >= 4 is 34.7 Å². The summed E-state index contributed by atoms with van der Waals surface area (Å²) >= 11 is 0. The minimum atomic E-state index is -0.550. The smallest absolute Gasteiger partial charge is 0.247 e. The minimum Gasteiger partial charge on any atom is -0.391 e. The van der Waals surface area contributed by atoms with Gasteiger partial charge in [-0.05, 0) is 43.5 Å². The second-order valence-corrected chi connectivity index (χ2v) is 9.39. The Hall–Kier alpha value is -3.98. The third-order valence-electron chi connectivity index (χ3n) is 6.74. The van der Waals surface area contributed by atoms with E-state index in [1.54, 1.807) is 16.9 Å². The van der Waals surface area contributed by atoms with Crippen LogP contribution in [0.4, 0.5) is 23.1 Å². The van der Waals surface area contributed by atoms with E-state index >= 15 is 0 Å². The van der Waals surface area contributed by atoms with E-state index in [-0.39, 0.29) is 11.9 Å². The van der Waals surface area contributed by atoms with Gasteiger partial charge in [0.15, 0.2) is 11.5 Å². The molecular weight excluding hydrogens is 430 g/mol. The van der Waals surface area contributed by atoms with Crippen LogP contribution in [0.2, 0.25) is 0 Å². The highest BCUT2D eigenvalue weighted by Gasteiger charge is 2.38. The standard InChI is InChI=1S/C25H25N7O2/c1-25(2)18-9-8-16(12-19(18)28-23(25)34)27-24-29-22-21(26-10-11-32(22)30-24)31-14-17(33)13-20(31)15-6-4-3-5-7-15/h3-12,17,20,33H,13-14H2,1-2H3,(H,27,30)(H,28,34). The summed E-state index contributed by atoms with van der Waals surface area (Å²) in [6, 6.07) is 15.9. The van der Waals surface area contributed by atoms with Gasteiger partial charge in [-0.1, -0.05) is 36.4 Å². The molecule has 0 aliphatic carbocycles. The van der Waals surface area contributed by atoms with Crippen LogP contribution < -0.4 is 15.5 Å². The number of carbonyl (C=O) groups is 1. The van der Waals surface area contributed by atoms with Gasteiger partial charge in [-0.25, -0.2) is 9.50 Å². The van der Waals surface area contributed by atoms with E-state index in [0.29, 0.717) is 30.4 Å². The molecule has 34 heavy (non-hydrogen) atoms. The number of nitrogens with zero attached hydrogens (tertiary/aromatic N) is 5. The molecule has 2 atom stereocenters. The molecule has 4 aromatic rings. The molecule has 0 bridgehead atoms. The number of anilines is 4. The molecule has 2 aliphatic heterocycles. The Morgan fingerprint density at radius 2 is 2.00 bits per heavy atom. The Morgan fingerprint density at radius 1 is 1.18 bits per heavy atom. The number of hydrogen-bond acceptors (Lipinski definition) is 7. The summed E-state index contributed by atoms with van der Waals surface area (Å²) in [5.41, 5.74) is 3.73. The van der Waals surface area contributed by atoms with Crippen molar-refractivity contribution in [2.45, 2.75) is 37.8 Å². The predicted octanol–water partition coefficient (Wildman–Crippen LogP) is 3.41. The van der Waals surface area contributed by atoms with Crippen LogP contribution in [0.3, 0.4) is 0 Å². The first kappa shape index (κ1) is 20.6. The molecule has 2 aromatic carbocycles. The molecule has 1 fully saturated rings. The van der Waals surface area contributed by atoms with Gasteiger partial charge in [-0.15, -0.1) is 5.10 Å². The van der Waals surface area contributed by atoms with E-state index in [9.17, 15) is 9.90 Å². The predicted molar refractivity (Wildman–Crippen MR) is 129 cm³/mol. The molecule has 0 radical (unpaired) electrons. The number of rotatable bonds is 4. The van der Waals surface area contributed by atoms with Crippen LogP contribution in [0.5, 0.6) is 0 Å². The number of β-amino-alcohol motifs (C(OH)–C–C–N with tert-alkyl or cyclic N) is 1. The Morgan fingerprint density at radius 3 is 2.82 bits per heavy atom. The highest BCUT2D eigenvalue weighted by molar-refractivity contribution is 6.06. The molecule has 0 spiro atoms. The fourth-order valence-corrected chi connectivity index (χ4v) is 4.90. The van der Waals surface area contributed by atoms with E-state index in [4.69, 9.17) is 4.98 Å². The molecular formula is C25H25N7O2. The molecule has 3 N–H and O–H groups in total. The van der Waals surface area contributed by atoms with Crippen molar-refractivity contribution in [2.24, 2.45) is 0 Å². The minimum absolute atomic E-state index is 0.00619.